The second-order valence-corrected chi connectivity index (χ2v) is 7.76. The number of hydrogen-bond acceptors (Lipinski definition) is 4. The highest BCUT2D eigenvalue weighted by atomic mass is 35.5. The molecule has 1 aromatic carbocycles. The van der Waals surface area contributed by atoms with E-state index in [2.05, 4.69) is 0 Å². The minimum atomic E-state index is -0.744. The molecule has 4 atom stereocenters. The normalized spacial score (nSPS) is 32.6. The Kier molecular flexibility index (Phi) is 3.89. The van der Waals surface area contributed by atoms with Crippen LogP contribution in [0.15, 0.2) is 36.4 Å². The predicted molar refractivity (Wildman–Crippen MR) is 93.3 cm³/mol. The number of fused-ring (bicyclic) bond motifs is 1. The van der Waals surface area contributed by atoms with E-state index < -0.39 is 17.4 Å². The van der Waals surface area contributed by atoms with E-state index in [0.717, 1.165) is 5.69 Å². The van der Waals surface area contributed by atoms with Gasteiger partial charge in [-0.2, -0.15) is 0 Å². The molecule has 3 heterocycles. The number of carbonyl (C=O) groups is 2. The first-order chi connectivity index (χ1) is 11.9. The lowest BCUT2D eigenvalue weighted by atomic mass is 9.77. The van der Waals surface area contributed by atoms with E-state index >= 15 is 0 Å². The van der Waals surface area contributed by atoms with Crippen LogP contribution >= 0.6 is 11.6 Å². The summed E-state index contributed by atoms with van der Waals surface area (Å²) < 4.78 is 11.5. The molecule has 3 aliphatic heterocycles. The summed E-state index contributed by atoms with van der Waals surface area (Å²) in [6.45, 7) is 4.69. The monoisotopic (exact) mass is 361 g/mol. The molecule has 2 bridgehead atoms. The Morgan fingerprint density at radius 2 is 2.28 bits per heavy atom. The van der Waals surface area contributed by atoms with Crippen molar-refractivity contribution in [2.45, 2.75) is 25.6 Å². The topological polar surface area (TPSA) is 55.8 Å². The molecule has 132 valence electrons. The lowest BCUT2D eigenvalue weighted by Gasteiger charge is -2.23. The van der Waals surface area contributed by atoms with E-state index in [4.69, 9.17) is 21.1 Å². The number of benzene rings is 1. The maximum absolute atomic E-state index is 13.1. The molecule has 0 saturated carbocycles. The highest BCUT2D eigenvalue weighted by Gasteiger charge is 2.67. The van der Waals surface area contributed by atoms with Crippen molar-refractivity contribution in [2.75, 3.05) is 18.1 Å². The van der Waals surface area contributed by atoms with Crippen LogP contribution in [0.3, 0.4) is 0 Å². The van der Waals surface area contributed by atoms with E-state index in [1.54, 1.807) is 23.1 Å². The van der Waals surface area contributed by atoms with Crippen LogP contribution in [0.5, 0.6) is 0 Å². The first kappa shape index (κ1) is 16.6. The zero-order chi connectivity index (χ0) is 17.8. The van der Waals surface area contributed by atoms with Gasteiger partial charge in [-0.05, 0) is 24.1 Å². The fourth-order valence-electron chi connectivity index (χ4n) is 3.97. The second kappa shape index (κ2) is 5.85. The SMILES string of the molecule is CC(C)COC(=O)C1[C@H]2C=CC3(CN(c4cccc(Cl)c4)C(=O)[C@@H]13)O2. The van der Waals surface area contributed by atoms with Crippen LogP contribution in [0.25, 0.3) is 0 Å². The Morgan fingerprint density at radius 1 is 1.48 bits per heavy atom. The number of rotatable bonds is 4. The molecule has 2 fully saturated rings. The van der Waals surface area contributed by atoms with E-state index in [9.17, 15) is 9.59 Å². The smallest absolute Gasteiger partial charge is 0.312 e. The minimum absolute atomic E-state index is 0.111. The molecular formula is C19H20ClNO4. The van der Waals surface area contributed by atoms with Gasteiger partial charge < -0.3 is 14.4 Å². The van der Waals surface area contributed by atoms with Crippen LogP contribution in [0, 0.1) is 17.8 Å². The summed E-state index contributed by atoms with van der Waals surface area (Å²) in [7, 11) is 0. The second-order valence-electron chi connectivity index (χ2n) is 7.33. The largest absolute Gasteiger partial charge is 0.465 e. The standard InChI is InChI=1S/C19H20ClNO4/c1-11(2)9-24-18(23)15-14-6-7-19(25-14)10-21(17(22)16(15)19)13-5-3-4-12(20)8-13/h3-8,11,14-16H,9-10H2,1-2H3/t14-,15?,16-,19?/m1/s1. The van der Waals surface area contributed by atoms with Crippen LogP contribution in [0.4, 0.5) is 5.69 Å². The van der Waals surface area contributed by atoms with Gasteiger partial charge in [0.25, 0.3) is 0 Å². The van der Waals surface area contributed by atoms with Gasteiger partial charge in [0.15, 0.2) is 0 Å². The Bertz CT molecular complexity index is 762. The van der Waals surface area contributed by atoms with E-state index in [-0.39, 0.29) is 23.9 Å². The van der Waals surface area contributed by atoms with Gasteiger partial charge in [0.1, 0.15) is 11.5 Å². The van der Waals surface area contributed by atoms with Crippen molar-refractivity contribution in [3.05, 3.63) is 41.4 Å². The molecule has 0 N–H and O–H groups in total. The van der Waals surface area contributed by atoms with Gasteiger partial charge in [0.2, 0.25) is 5.91 Å². The van der Waals surface area contributed by atoms with Crippen LogP contribution in [0.1, 0.15) is 13.8 Å². The molecule has 1 amide bonds. The third-order valence-corrected chi connectivity index (χ3v) is 5.29. The Hall–Kier alpha value is -1.85. The minimum Gasteiger partial charge on any atom is -0.465 e. The van der Waals surface area contributed by atoms with Crippen LogP contribution < -0.4 is 4.90 Å². The number of nitrogens with zero attached hydrogens (tertiary/aromatic N) is 1. The molecule has 6 heteroatoms. The van der Waals surface area contributed by atoms with E-state index in [1.807, 2.05) is 32.1 Å². The highest BCUT2D eigenvalue weighted by molar-refractivity contribution is 6.31. The van der Waals surface area contributed by atoms with Crippen LogP contribution in [-0.2, 0) is 19.1 Å². The number of esters is 1. The van der Waals surface area contributed by atoms with Crippen molar-refractivity contribution in [3.8, 4) is 0 Å². The summed E-state index contributed by atoms with van der Waals surface area (Å²) in [5.74, 6) is -1.34. The third-order valence-electron chi connectivity index (χ3n) is 5.05. The van der Waals surface area contributed by atoms with E-state index in [0.29, 0.717) is 18.2 Å². The Labute approximate surface area is 151 Å². The lowest BCUT2D eigenvalue weighted by molar-refractivity contribution is -0.153. The number of amides is 1. The van der Waals surface area contributed by atoms with Gasteiger partial charge in [-0.3, -0.25) is 9.59 Å². The molecule has 4 rings (SSSR count). The molecule has 2 unspecified atom stereocenters. The van der Waals surface area contributed by atoms with Gasteiger partial charge in [-0.15, -0.1) is 0 Å². The van der Waals surface area contributed by atoms with Crippen molar-refractivity contribution in [1.29, 1.82) is 0 Å². The van der Waals surface area contributed by atoms with E-state index in [1.165, 1.54) is 0 Å². The number of halogens is 1. The van der Waals surface area contributed by atoms with Gasteiger partial charge in [0, 0.05) is 10.7 Å². The fraction of sp³-hybridized carbons (Fsp3) is 0.474. The van der Waals surface area contributed by atoms with Crippen molar-refractivity contribution in [1.82, 2.24) is 0 Å². The summed E-state index contributed by atoms with van der Waals surface area (Å²) in [5, 5.41) is 0.563. The zero-order valence-corrected chi connectivity index (χ0v) is 14.9. The van der Waals surface area contributed by atoms with Crippen molar-refractivity contribution < 1.29 is 19.1 Å². The molecule has 25 heavy (non-hydrogen) atoms. The van der Waals surface area contributed by atoms with Crippen molar-refractivity contribution in [3.63, 3.8) is 0 Å². The predicted octanol–water partition coefficient (Wildman–Crippen LogP) is 2.83. The number of carbonyl (C=O) groups excluding carboxylic acids is 2. The van der Waals surface area contributed by atoms with Gasteiger partial charge in [0.05, 0.1) is 25.2 Å². The summed E-state index contributed by atoms with van der Waals surface area (Å²) in [5.41, 5.74) is -0.0259. The number of anilines is 1. The molecule has 1 spiro atoms. The number of ether oxygens (including phenoxy) is 2. The summed E-state index contributed by atoms with van der Waals surface area (Å²) in [6, 6.07) is 7.15. The summed E-state index contributed by atoms with van der Waals surface area (Å²) in [6.07, 6.45) is 3.43. The first-order valence-corrected chi connectivity index (χ1v) is 8.90. The van der Waals surface area contributed by atoms with Crippen LogP contribution in [0.2, 0.25) is 5.02 Å². The molecular weight excluding hydrogens is 342 g/mol. The van der Waals surface area contributed by atoms with Gasteiger partial charge in [-0.1, -0.05) is 43.7 Å². The summed E-state index contributed by atoms with van der Waals surface area (Å²) in [4.78, 5) is 27.3. The van der Waals surface area contributed by atoms with Gasteiger partial charge in [-0.25, -0.2) is 0 Å². The maximum atomic E-state index is 13.1. The molecule has 0 aliphatic carbocycles. The maximum Gasteiger partial charge on any atom is 0.312 e. The average Bonchev–Trinajstić information content (AvgIpc) is 3.21. The molecule has 2 saturated heterocycles. The Morgan fingerprint density at radius 3 is 3.00 bits per heavy atom. The van der Waals surface area contributed by atoms with Crippen molar-refractivity contribution >= 4 is 29.2 Å². The summed E-state index contributed by atoms with van der Waals surface area (Å²) >= 11 is 6.06. The quantitative estimate of drug-likeness (QED) is 0.611. The molecule has 0 aromatic heterocycles. The molecule has 3 aliphatic rings. The fourth-order valence-corrected chi connectivity index (χ4v) is 4.16. The van der Waals surface area contributed by atoms with Crippen molar-refractivity contribution in [2.24, 2.45) is 17.8 Å². The lowest BCUT2D eigenvalue weighted by Crippen LogP contribution is -2.40. The third kappa shape index (κ3) is 2.57. The molecule has 1 aromatic rings. The number of hydrogen-bond donors (Lipinski definition) is 0. The first-order valence-electron chi connectivity index (χ1n) is 8.52. The average molecular weight is 362 g/mol. The molecule has 0 radical (unpaired) electrons. The molecule has 5 nitrogen and oxygen atoms in total. The van der Waals surface area contributed by atoms with Gasteiger partial charge >= 0.3 is 5.97 Å². The van der Waals surface area contributed by atoms with Crippen LogP contribution in [-0.4, -0.2) is 36.7 Å². The Balaban J connectivity index is 1.62. The highest BCUT2D eigenvalue weighted by Crippen LogP contribution is 2.53. The zero-order valence-electron chi connectivity index (χ0n) is 14.1.